The maximum Gasteiger partial charge on any atom is 0.221 e. The first-order chi connectivity index (χ1) is 9.65. The van der Waals surface area contributed by atoms with Gasteiger partial charge in [0, 0.05) is 30.6 Å². The summed E-state index contributed by atoms with van der Waals surface area (Å²) >= 11 is 0. The Balaban J connectivity index is 2.41. The lowest BCUT2D eigenvalue weighted by Gasteiger charge is -2.45. The van der Waals surface area contributed by atoms with Gasteiger partial charge in [-0.3, -0.25) is 4.79 Å². The monoisotopic (exact) mass is 297 g/mol. The molecular formula is C17H35N3O. The topological polar surface area (TPSA) is 44.4 Å². The SMILES string of the molecule is CC1CCCC(CNC(=O)CCNC(C)(C)C)(N(C)C)C1. The summed E-state index contributed by atoms with van der Waals surface area (Å²) in [5, 5.41) is 6.52. The molecule has 0 aliphatic heterocycles. The Morgan fingerprint density at radius 3 is 2.52 bits per heavy atom. The molecule has 1 amide bonds. The molecule has 1 rings (SSSR count). The molecule has 0 aromatic heterocycles. The Kier molecular flexibility index (Phi) is 6.67. The Labute approximate surface area is 131 Å². The van der Waals surface area contributed by atoms with Crippen LogP contribution in [0.5, 0.6) is 0 Å². The smallest absolute Gasteiger partial charge is 0.221 e. The van der Waals surface area contributed by atoms with E-state index in [0.29, 0.717) is 6.42 Å². The number of carbonyl (C=O) groups excluding carboxylic acids is 1. The first-order valence-corrected chi connectivity index (χ1v) is 8.34. The maximum atomic E-state index is 12.0. The molecular weight excluding hydrogens is 262 g/mol. The van der Waals surface area contributed by atoms with Gasteiger partial charge in [-0.15, -0.1) is 0 Å². The van der Waals surface area contributed by atoms with Gasteiger partial charge in [0.05, 0.1) is 0 Å². The van der Waals surface area contributed by atoms with E-state index in [1.165, 1.54) is 25.7 Å². The number of hydrogen-bond donors (Lipinski definition) is 2. The van der Waals surface area contributed by atoms with Crippen molar-refractivity contribution in [3.8, 4) is 0 Å². The molecule has 21 heavy (non-hydrogen) atoms. The molecule has 0 aromatic rings. The number of rotatable bonds is 6. The van der Waals surface area contributed by atoms with Gasteiger partial charge in [-0.05, 0) is 53.6 Å². The summed E-state index contributed by atoms with van der Waals surface area (Å²) < 4.78 is 0. The van der Waals surface area contributed by atoms with Crippen molar-refractivity contribution in [2.75, 3.05) is 27.2 Å². The molecule has 1 fully saturated rings. The van der Waals surface area contributed by atoms with Gasteiger partial charge in [0.1, 0.15) is 0 Å². The molecule has 1 aliphatic rings. The Morgan fingerprint density at radius 1 is 1.33 bits per heavy atom. The lowest BCUT2D eigenvalue weighted by molar-refractivity contribution is -0.121. The van der Waals surface area contributed by atoms with E-state index in [1.54, 1.807) is 0 Å². The van der Waals surface area contributed by atoms with Crippen LogP contribution in [-0.4, -0.2) is 49.1 Å². The molecule has 0 saturated heterocycles. The number of amides is 1. The van der Waals surface area contributed by atoms with E-state index < -0.39 is 0 Å². The van der Waals surface area contributed by atoms with E-state index in [-0.39, 0.29) is 17.0 Å². The minimum absolute atomic E-state index is 0.0734. The third-order valence-corrected chi connectivity index (χ3v) is 4.64. The first kappa shape index (κ1) is 18.4. The van der Waals surface area contributed by atoms with Crippen LogP contribution in [0.4, 0.5) is 0 Å². The van der Waals surface area contributed by atoms with E-state index >= 15 is 0 Å². The van der Waals surface area contributed by atoms with Crippen LogP contribution in [0.2, 0.25) is 0 Å². The van der Waals surface area contributed by atoms with Crippen LogP contribution in [0.3, 0.4) is 0 Å². The van der Waals surface area contributed by atoms with E-state index in [4.69, 9.17) is 0 Å². The standard InChI is InChI=1S/C17H35N3O/c1-14-8-7-10-17(12-14,20(5)6)13-18-15(21)9-11-19-16(2,3)4/h14,19H,7-13H2,1-6H3,(H,18,21). The molecule has 1 saturated carbocycles. The zero-order chi connectivity index (χ0) is 16.1. The molecule has 0 aromatic carbocycles. The number of nitrogens with zero attached hydrogens (tertiary/aromatic N) is 1. The Morgan fingerprint density at radius 2 is 2.00 bits per heavy atom. The minimum Gasteiger partial charge on any atom is -0.354 e. The molecule has 0 bridgehead atoms. The Hall–Kier alpha value is -0.610. The van der Waals surface area contributed by atoms with Gasteiger partial charge in [-0.25, -0.2) is 0 Å². The van der Waals surface area contributed by atoms with Gasteiger partial charge < -0.3 is 15.5 Å². The highest BCUT2D eigenvalue weighted by molar-refractivity contribution is 5.76. The number of hydrogen-bond acceptors (Lipinski definition) is 3. The quantitative estimate of drug-likeness (QED) is 0.791. The van der Waals surface area contributed by atoms with E-state index in [2.05, 4.69) is 57.3 Å². The second-order valence-corrected chi connectivity index (χ2v) is 8.02. The zero-order valence-corrected chi connectivity index (χ0v) is 14.9. The third-order valence-electron chi connectivity index (χ3n) is 4.64. The van der Waals surface area contributed by atoms with Crippen LogP contribution >= 0.6 is 0 Å². The average molecular weight is 297 g/mol. The minimum atomic E-state index is 0.0734. The van der Waals surface area contributed by atoms with E-state index in [1.807, 2.05) is 0 Å². The number of carbonyl (C=O) groups is 1. The van der Waals surface area contributed by atoms with Crippen molar-refractivity contribution in [2.24, 2.45) is 5.92 Å². The van der Waals surface area contributed by atoms with E-state index in [9.17, 15) is 4.79 Å². The summed E-state index contributed by atoms with van der Waals surface area (Å²) in [6.07, 6.45) is 5.50. The summed E-state index contributed by atoms with van der Waals surface area (Å²) in [4.78, 5) is 14.4. The van der Waals surface area contributed by atoms with Gasteiger partial charge in [-0.1, -0.05) is 19.8 Å². The number of likely N-dealkylation sites (N-methyl/N-ethyl adjacent to an activating group) is 1. The van der Waals surface area contributed by atoms with Crippen molar-refractivity contribution in [2.45, 2.75) is 70.9 Å². The van der Waals surface area contributed by atoms with E-state index in [0.717, 1.165) is 19.0 Å². The van der Waals surface area contributed by atoms with Crippen LogP contribution in [0.15, 0.2) is 0 Å². The molecule has 4 nitrogen and oxygen atoms in total. The molecule has 4 heteroatoms. The average Bonchev–Trinajstić information content (AvgIpc) is 2.34. The first-order valence-electron chi connectivity index (χ1n) is 8.34. The van der Waals surface area contributed by atoms with Crippen molar-refractivity contribution in [1.29, 1.82) is 0 Å². The van der Waals surface area contributed by atoms with Crippen LogP contribution in [0.1, 0.15) is 59.8 Å². The molecule has 2 atom stereocenters. The molecule has 0 spiro atoms. The second kappa shape index (κ2) is 7.59. The van der Waals surface area contributed by atoms with Crippen molar-refractivity contribution in [3.05, 3.63) is 0 Å². The Bertz CT molecular complexity index is 335. The van der Waals surface area contributed by atoms with Gasteiger partial charge >= 0.3 is 0 Å². The molecule has 124 valence electrons. The predicted molar refractivity (Wildman–Crippen MR) is 89.4 cm³/mol. The van der Waals surface area contributed by atoms with Crippen molar-refractivity contribution >= 4 is 5.91 Å². The van der Waals surface area contributed by atoms with Crippen LogP contribution in [0, 0.1) is 5.92 Å². The third kappa shape index (κ3) is 6.35. The van der Waals surface area contributed by atoms with Crippen LogP contribution in [0.25, 0.3) is 0 Å². The highest BCUT2D eigenvalue weighted by Gasteiger charge is 2.37. The van der Waals surface area contributed by atoms with Crippen LogP contribution < -0.4 is 10.6 Å². The number of nitrogens with one attached hydrogen (secondary N) is 2. The lowest BCUT2D eigenvalue weighted by Crippen LogP contribution is -2.55. The molecule has 0 heterocycles. The normalized spacial score (nSPS) is 26.9. The fourth-order valence-electron chi connectivity index (χ4n) is 3.26. The summed E-state index contributed by atoms with van der Waals surface area (Å²) in [7, 11) is 4.29. The van der Waals surface area contributed by atoms with Gasteiger partial charge in [0.15, 0.2) is 0 Å². The van der Waals surface area contributed by atoms with Gasteiger partial charge in [-0.2, -0.15) is 0 Å². The highest BCUT2D eigenvalue weighted by Crippen LogP contribution is 2.35. The summed E-state index contributed by atoms with van der Waals surface area (Å²) in [5.74, 6) is 0.909. The summed E-state index contributed by atoms with van der Waals surface area (Å²) in [6.45, 7) is 10.2. The highest BCUT2D eigenvalue weighted by atomic mass is 16.1. The molecule has 1 aliphatic carbocycles. The second-order valence-electron chi connectivity index (χ2n) is 8.02. The van der Waals surface area contributed by atoms with Crippen LogP contribution in [-0.2, 0) is 4.79 Å². The fourth-order valence-corrected chi connectivity index (χ4v) is 3.26. The maximum absolute atomic E-state index is 12.0. The lowest BCUT2D eigenvalue weighted by atomic mass is 9.75. The van der Waals surface area contributed by atoms with Gasteiger partial charge in [0.2, 0.25) is 5.91 Å². The summed E-state index contributed by atoms with van der Waals surface area (Å²) in [5.41, 5.74) is 0.217. The van der Waals surface area contributed by atoms with Gasteiger partial charge in [0.25, 0.3) is 0 Å². The molecule has 2 N–H and O–H groups in total. The summed E-state index contributed by atoms with van der Waals surface area (Å²) in [6, 6.07) is 0. The van der Waals surface area contributed by atoms with Crippen molar-refractivity contribution in [1.82, 2.24) is 15.5 Å². The molecule has 2 unspecified atom stereocenters. The predicted octanol–water partition coefficient (Wildman–Crippen LogP) is 2.39. The molecule has 0 radical (unpaired) electrons. The van der Waals surface area contributed by atoms with Crippen molar-refractivity contribution < 1.29 is 4.79 Å². The largest absolute Gasteiger partial charge is 0.354 e. The van der Waals surface area contributed by atoms with Crippen molar-refractivity contribution in [3.63, 3.8) is 0 Å². The fraction of sp³-hybridized carbons (Fsp3) is 0.941. The zero-order valence-electron chi connectivity index (χ0n) is 14.9.